The molecule has 3 aromatic rings. The number of hydrogen-bond acceptors (Lipinski definition) is 4. The molecule has 0 radical (unpaired) electrons. The summed E-state index contributed by atoms with van der Waals surface area (Å²) in [5.41, 5.74) is 4.31. The second-order valence-corrected chi connectivity index (χ2v) is 9.78. The normalized spacial score (nSPS) is 18.0. The van der Waals surface area contributed by atoms with E-state index in [9.17, 15) is 14.7 Å². The molecule has 0 fully saturated rings. The van der Waals surface area contributed by atoms with Crippen LogP contribution in [-0.2, 0) is 24.2 Å². The molecule has 1 aromatic heterocycles. The molecule has 3 heterocycles. The predicted octanol–water partition coefficient (Wildman–Crippen LogP) is 4.71. The maximum Gasteiger partial charge on any atom is 0.407 e. The molecular formula is C25H24ClN3O3S. The number of carbonyl (C=O) groups excluding carboxylic acids is 1. The molecule has 2 aromatic carbocycles. The molecule has 33 heavy (non-hydrogen) atoms. The molecule has 2 aliphatic rings. The number of nitrogens with zero attached hydrogens (tertiary/aromatic N) is 2. The molecule has 2 amide bonds. The number of anilines is 1. The smallest absolute Gasteiger partial charge is 0.407 e. The first-order valence-electron chi connectivity index (χ1n) is 11.0. The number of nitrogens with one attached hydrogen (secondary N) is 1. The van der Waals surface area contributed by atoms with Crippen molar-refractivity contribution in [1.82, 2.24) is 10.2 Å². The second-order valence-electron chi connectivity index (χ2n) is 8.29. The maximum absolute atomic E-state index is 13.3. The standard InChI is InChI=1S/C25H24ClN3O3S/c26-19-9-5-4-8-17(19)23-22-18-11-12-28(25(31)32)15-20(18)33-24(22)29(21(30)14-27-23)13-10-16-6-2-1-3-7-16/h1-9,23,27H,10-15H2,(H,31,32). The average molecular weight is 482 g/mol. The van der Waals surface area contributed by atoms with Crippen molar-refractivity contribution in [2.75, 3.05) is 24.5 Å². The van der Waals surface area contributed by atoms with E-state index < -0.39 is 6.09 Å². The molecule has 0 spiro atoms. The van der Waals surface area contributed by atoms with Crippen LogP contribution in [0.3, 0.4) is 0 Å². The monoisotopic (exact) mass is 481 g/mol. The second kappa shape index (κ2) is 9.17. The summed E-state index contributed by atoms with van der Waals surface area (Å²) in [6.07, 6.45) is 0.450. The highest BCUT2D eigenvalue weighted by Gasteiger charge is 2.36. The molecule has 0 aliphatic carbocycles. The molecule has 1 unspecified atom stereocenters. The van der Waals surface area contributed by atoms with Crippen LogP contribution in [0, 0.1) is 0 Å². The fourth-order valence-electron chi connectivity index (χ4n) is 4.66. The summed E-state index contributed by atoms with van der Waals surface area (Å²) in [6, 6.07) is 17.6. The van der Waals surface area contributed by atoms with Crippen molar-refractivity contribution in [3.63, 3.8) is 0 Å². The highest BCUT2D eigenvalue weighted by Crippen LogP contribution is 2.46. The Balaban J connectivity index is 1.59. The van der Waals surface area contributed by atoms with Gasteiger partial charge in [-0.05, 0) is 35.6 Å². The lowest BCUT2D eigenvalue weighted by molar-refractivity contribution is -0.117. The van der Waals surface area contributed by atoms with E-state index in [1.807, 2.05) is 47.4 Å². The van der Waals surface area contributed by atoms with E-state index in [0.29, 0.717) is 31.1 Å². The quantitative estimate of drug-likeness (QED) is 0.566. The number of hydrogen-bond donors (Lipinski definition) is 2. The molecule has 2 N–H and O–H groups in total. The van der Waals surface area contributed by atoms with Gasteiger partial charge in [0.05, 0.1) is 19.1 Å². The van der Waals surface area contributed by atoms with Crippen LogP contribution in [0.1, 0.15) is 33.2 Å². The first kappa shape index (κ1) is 21.9. The van der Waals surface area contributed by atoms with Crippen molar-refractivity contribution in [3.8, 4) is 0 Å². The molecule has 0 saturated heterocycles. The van der Waals surface area contributed by atoms with Gasteiger partial charge in [-0.1, -0.05) is 60.1 Å². The summed E-state index contributed by atoms with van der Waals surface area (Å²) in [4.78, 5) is 29.2. The number of thiophene rings is 1. The van der Waals surface area contributed by atoms with Crippen molar-refractivity contribution >= 4 is 39.9 Å². The zero-order valence-corrected chi connectivity index (χ0v) is 19.5. The van der Waals surface area contributed by atoms with Gasteiger partial charge < -0.3 is 14.9 Å². The Hall–Kier alpha value is -2.87. The topological polar surface area (TPSA) is 72.9 Å². The first-order valence-corrected chi connectivity index (χ1v) is 12.2. The van der Waals surface area contributed by atoms with Gasteiger partial charge >= 0.3 is 6.09 Å². The molecule has 0 saturated carbocycles. The van der Waals surface area contributed by atoms with Gasteiger partial charge in [-0.2, -0.15) is 0 Å². The van der Waals surface area contributed by atoms with Gasteiger partial charge in [0.1, 0.15) is 5.00 Å². The van der Waals surface area contributed by atoms with Crippen LogP contribution in [0.15, 0.2) is 54.6 Å². The van der Waals surface area contributed by atoms with E-state index in [1.54, 1.807) is 11.3 Å². The van der Waals surface area contributed by atoms with Gasteiger partial charge in [-0.15, -0.1) is 11.3 Å². The molecule has 2 aliphatic heterocycles. The van der Waals surface area contributed by atoms with E-state index in [4.69, 9.17) is 11.6 Å². The highest BCUT2D eigenvalue weighted by molar-refractivity contribution is 7.16. The Labute approximate surface area is 201 Å². The molecule has 1 atom stereocenters. The SMILES string of the molecule is O=C(O)N1CCc2c(sc3c2C(c2ccccc2Cl)NCC(=O)N3CCc2ccccc2)C1. The summed E-state index contributed by atoms with van der Waals surface area (Å²) >= 11 is 8.13. The number of fused-ring (bicyclic) bond motifs is 3. The highest BCUT2D eigenvalue weighted by atomic mass is 35.5. The minimum atomic E-state index is -0.915. The van der Waals surface area contributed by atoms with E-state index in [-0.39, 0.29) is 18.5 Å². The molecule has 5 rings (SSSR count). The van der Waals surface area contributed by atoms with Gasteiger partial charge in [0.2, 0.25) is 5.91 Å². The van der Waals surface area contributed by atoms with Crippen LogP contribution in [-0.4, -0.2) is 41.6 Å². The van der Waals surface area contributed by atoms with Gasteiger partial charge in [-0.25, -0.2) is 4.79 Å². The number of halogens is 1. The predicted molar refractivity (Wildman–Crippen MR) is 130 cm³/mol. The Morgan fingerprint density at radius 2 is 1.91 bits per heavy atom. The molecule has 170 valence electrons. The van der Waals surface area contributed by atoms with E-state index in [0.717, 1.165) is 33.0 Å². The number of benzene rings is 2. The summed E-state index contributed by atoms with van der Waals surface area (Å²) in [5, 5.41) is 14.5. The third-order valence-corrected chi connectivity index (χ3v) is 7.92. The Kier molecular flexibility index (Phi) is 6.10. The van der Waals surface area contributed by atoms with Gasteiger partial charge in [-0.3, -0.25) is 10.1 Å². The van der Waals surface area contributed by atoms with E-state index >= 15 is 0 Å². The van der Waals surface area contributed by atoms with Crippen LogP contribution < -0.4 is 10.2 Å². The summed E-state index contributed by atoms with van der Waals surface area (Å²) < 4.78 is 0. The number of carbonyl (C=O) groups is 2. The van der Waals surface area contributed by atoms with E-state index in [1.165, 1.54) is 10.5 Å². The minimum Gasteiger partial charge on any atom is -0.465 e. The lowest BCUT2D eigenvalue weighted by atomic mass is 9.93. The minimum absolute atomic E-state index is 0.00965. The third-order valence-electron chi connectivity index (χ3n) is 6.32. The number of amides is 2. The van der Waals surface area contributed by atoms with Crippen molar-refractivity contribution in [2.24, 2.45) is 0 Å². The fourth-order valence-corrected chi connectivity index (χ4v) is 6.35. The fraction of sp³-hybridized carbons (Fsp3) is 0.280. The van der Waals surface area contributed by atoms with Gasteiger partial charge in [0, 0.05) is 28.6 Å². The molecule has 6 nitrogen and oxygen atoms in total. The van der Waals surface area contributed by atoms with Crippen molar-refractivity contribution in [1.29, 1.82) is 0 Å². The average Bonchev–Trinajstić information content (AvgIpc) is 3.13. The van der Waals surface area contributed by atoms with Crippen LogP contribution in [0.2, 0.25) is 5.02 Å². The van der Waals surface area contributed by atoms with Crippen LogP contribution in [0.5, 0.6) is 0 Å². The van der Waals surface area contributed by atoms with Crippen LogP contribution in [0.25, 0.3) is 0 Å². The zero-order valence-electron chi connectivity index (χ0n) is 18.0. The first-order chi connectivity index (χ1) is 16.0. The van der Waals surface area contributed by atoms with Crippen molar-refractivity contribution in [3.05, 3.63) is 86.8 Å². The largest absolute Gasteiger partial charge is 0.465 e. The molecule has 8 heteroatoms. The van der Waals surface area contributed by atoms with Crippen molar-refractivity contribution in [2.45, 2.75) is 25.4 Å². The summed E-state index contributed by atoms with van der Waals surface area (Å²) in [5.74, 6) is 0.00965. The van der Waals surface area contributed by atoms with Crippen LogP contribution >= 0.6 is 22.9 Å². The van der Waals surface area contributed by atoms with Crippen LogP contribution in [0.4, 0.5) is 9.80 Å². The third kappa shape index (κ3) is 4.24. The Morgan fingerprint density at radius 1 is 1.15 bits per heavy atom. The maximum atomic E-state index is 13.3. The Morgan fingerprint density at radius 3 is 2.67 bits per heavy atom. The summed E-state index contributed by atoms with van der Waals surface area (Å²) in [7, 11) is 0. The van der Waals surface area contributed by atoms with Crippen molar-refractivity contribution < 1.29 is 14.7 Å². The zero-order chi connectivity index (χ0) is 22.9. The number of rotatable bonds is 4. The Bertz CT molecular complexity index is 1200. The molecular weight excluding hydrogens is 458 g/mol. The van der Waals surface area contributed by atoms with Gasteiger partial charge in [0.15, 0.2) is 0 Å². The van der Waals surface area contributed by atoms with Gasteiger partial charge in [0.25, 0.3) is 0 Å². The lowest BCUT2D eigenvalue weighted by Crippen LogP contribution is -2.37. The van der Waals surface area contributed by atoms with E-state index in [2.05, 4.69) is 17.4 Å². The summed E-state index contributed by atoms with van der Waals surface area (Å²) in [6.45, 7) is 1.56. The number of carboxylic acid groups (broad SMARTS) is 1. The lowest BCUT2D eigenvalue weighted by Gasteiger charge is -2.26. The molecule has 0 bridgehead atoms.